The van der Waals surface area contributed by atoms with Crippen LogP contribution in [-0.2, 0) is 4.79 Å². The Hall–Kier alpha value is -3.56. The minimum absolute atomic E-state index is 0.00850. The summed E-state index contributed by atoms with van der Waals surface area (Å²) in [5, 5.41) is 16.8. The van der Waals surface area contributed by atoms with Gasteiger partial charge < -0.3 is 10.1 Å². The summed E-state index contributed by atoms with van der Waals surface area (Å²) in [6.07, 6.45) is -5.02. The Labute approximate surface area is 256 Å². The van der Waals surface area contributed by atoms with Gasteiger partial charge in [-0.05, 0) is 61.1 Å². The highest BCUT2D eigenvalue weighted by molar-refractivity contribution is 7.08. The van der Waals surface area contributed by atoms with Gasteiger partial charge in [0, 0.05) is 23.9 Å². The number of alkyl halides is 4. The zero-order chi connectivity index (χ0) is 31.5. The molecule has 0 spiro atoms. The first-order valence-corrected chi connectivity index (χ1v) is 14.3. The van der Waals surface area contributed by atoms with Crippen LogP contribution in [0.15, 0.2) is 36.4 Å². The summed E-state index contributed by atoms with van der Waals surface area (Å²) in [5.41, 5.74) is -0.103. The molecule has 1 aliphatic carbocycles. The van der Waals surface area contributed by atoms with Gasteiger partial charge in [0.25, 0.3) is 11.6 Å². The van der Waals surface area contributed by atoms with Crippen LogP contribution >= 0.6 is 34.7 Å². The molecule has 0 radical (unpaired) electrons. The van der Waals surface area contributed by atoms with Gasteiger partial charge in [-0.1, -0.05) is 47.0 Å². The number of nitro groups is 1. The number of hydrogen-bond acceptors (Lipinski definition) is 8. The molecule has 1 aromatic heterocycles. The number of rotatable bonds is 10. The lowest BCUT2D eigenvalue weighted by Crippen LogP contribution is -2.47. The molecule has 0 aliphatic heterocycles. The van der Waals surface area contributed by atoms with E-state index in [2.05, 4.69) is 19.6 Å². The van der Waals surface area contributed by atoms with Gasteiger partial charge in [-0.3, -0.25) is 24.6 Å². The van der Waals surface area contributed by atoms with E-state index in [1.165, 1.54) is 19.1 Å². The van der Waals surface area contributed by atoms with Crippen molar-refractivity contribution in [3.63, 3.8) is 0 Å². The fourth-order valence-electron chi connectivity index (χ4n) is 4.61. The van der Waals surface area contributed by atoms with E-state index in [0.717, 1.165) is 60.0 Å². The van der Waals surface area contributed by atoms with Gasteiger partial charge in [-0.15, -0.1) is 5.10 Å². The molecular weight excluding hydrogens is 641 g/mol. The second kappa shape index (κ2) is 13.4. The normalized spacial score (nSPS) is 14.8. The number of nitro benzene ring substituents is 1. The molecule has 1 heterocycles. The van der Waals surface area contributed by atoms with Gasteiger partial charge in [-0.25, -0.2) is 0 Å². The Bertz CT molecular complexity index is 1480. The van der Waals surface area contributed by atoms with Crippen LogP contribution in [0, 0.1) is 17.0 Å². The Morgan fingerprint density at radius 3 is 2.26 bits per heavy atom. The largest absolute Gasteiger partial charge is 0.461 e. The molecule has 1 atom stereocenters. The number of nitrogens with zero attached hydrogens (tertiary/aromatic N) is 4. The maximum atomic E-state index is 14.1. The van der Waals surface area contributed by atoms with E-state index in [4.69, 9.17) is 23.2 Å². The van der Waals surface area contributed by atoms with Gasteiger partial charge in [0.2, 0.25) is 5.91 Å². The average molecular weight is 664 g/mol. The Kier molecular flexibility index (Phi) is 10.1. The predicted molar refractivity (Wildman–Crippen MR) is 150 cm³/mol. The van der Waals surface area contributed by atoms with Crippen LogP contribution in [0.3, 0.4) is 0 Å². The SMILES string of the molecule is Cc1nnsc1C(=O)N(c1cc(Cl)c(OC(F)(F)C(F)F)c(Cl)c1)C(C(=O)NC1CCCCC1)c1ccc([N+](=O)[O-])cc1. The highest BCUT2D eigenvalue weighted by atomic mass is 35.5. The fourth-order valence-corrected chi connectivity index (χ4v) is 5.75. The number of aryl methyl sites for hydroxylation is 1. The van der Waals surface area contributed by atoms with Crippen LogP contribution in [0.2, 0.25) is 10.0 Å². The van der Waals surface area contributed by atoms with E-state index in [0.29, 0.717) is 12.8 Å². The highest BCUT2D eigenvalue weighted by Gasteiger charge is 2.45. The first kappa shape index (κ1) is 32.4. The van der Waals surface area contributed by atoms with E-state index >= 15 is 0 Å². The molecule has 1 saturated carbocycles. The molecule has 230 valence electrons. The third-order valence-electron chi connectivity index (χ3n) is 6.70. The molecule has 10 nitrogen and oxygen atoms in total. The molecular formula is C26H23Cl2F4N5O5S. The Morgan fingerprint density at radius 2 is 1.74 bits per heavy atom. The molecule has 2 aromatic carbocycles. The van der Waals surface area contributed by atoms with Crippen molar-refractivity contribution in [1.29, 1.82) is 0 Å². The molecule has 1 fully saturated rings. The van der Waals surface area contributed by atoms with Crippen LogP contribution in [0.5, 0.6) is 5.75 Å². The number of hydrogen-bond donors (Lipinski definition) is 1. The number of carbonyl (C=O) groups is 2. The van der Waals surface area contributed by atoms with Gasteiger partial charge in [0.05, 0.1) is 20.7 Å². The summed E-state index contributed by atoms with van der Waals surface area (Å²) in [5.74, 6) is -2.44. The first-order valence-electron chi connectivity index (χ1n) is 12.8. The highest BCUT2D eigenvalue weighted by Crippen LogP contribution is 2.43. The van der Waals surface area contributed by atoms with Crippen LogP contribution in [-0.4, -0.2) is 44.9 Å². The summed E-state index contributed by atoms with van der Waals surface area (Å²) in [4.78, 5) is 39.7. The van der Waals surface area contributed by atoms with Crippen molar-refractivity contribution in [1.82, 2.24) is 14.9 Å². The number of amides is 2. The summed E-state index contributed by atoms with van der Waals surface area (Å²) in [6.45, 7) is 1.50. The van der Waals surface area contributed by atoms with E-state index in [9.17, 15) is 37.3 Å². The molecule has 1 N–H and O–H groups in total. The van der Waals surface area contributed by atoms with Crippen molar-refractivity contribution in [3.05, 3.63) is 72.7 Å². The van der Waals surface area contributed by atoms with E-state index < -0.39 is 51.1 Å². The number of carbonyl (C=O) groups excluding carboxylic acids is 2. The van der Waals surface area contributed by atoms with Gasteiger partial charge in [-0.2, -0.15) is 17.6 Å². The summed E-state index contributed by atoms with van der Waals surface area (Å²) in [7, 11) is 0. The minimum atomic E-state index is -4.93. The average Bonchev–Trinajstić information content (AvgIpc) is 3.39. The molecule has 17 heteroatoms. The summed E-state index contributed by atoms with van der Waals surface area (Å²) < 4.78 is 60.9. The third-order valence-corrected chi connectivity index (χ3v) is 8.07. The fraction of sp³-hybridized carbons (Fsp3) is 0.385. The van der Waals surface area contributed by atoms with E-state index in [1.807, 2.05) is 0 Å². The predicted octanol–water partition coefficient (Wildman–Crippen LogP) is 7.14. The summed E-state index contributed by atoms with van der Waals surface area (Å²) >= 11 is 13.1. The van der Waals surface area contributed by atoms with Crippen molar-refractivity contribution >= 4 is 57.9 Å². The van der Waals surface area contributed by atoms with Crippen LogP contribution in [0.4, 0.5) is 28.9 Å². The van der Waals surface area contributed by atoms with E-state index in [1.54, 1.807) is 0 Å². The second-order valence-electron chi connectivity index (χ2n) is 9.66. The molecule has 0 bridgehead atoms. The quantitative estimate of drug-likeness (QED) is 0.139. The van der Waals surface area contributed by atoms with Crippen LogP contribution in [0.1, 0.15) is 59.1 Å². The zero-order valence-electron chi connectivity index (χ0n) is 22.2. The smallest absolute Gasteiger partial charge is 0.425 e. The minimum Gasteiger partial charge on any atom is -0.425 e. The zero-order valence-corrected chi connectivity index (χ0v) is 24.6. The van der Waals surface area contributed by atoms with Crippen LogP contribution in [0.25, 0.3) is 0 Å². The van der Waals surface area contributed by atoms with Crippen molar-refractivity contribution < 1.29 is 36.8 Å². The van der Waals surface area contributed by atoms with Crippen molar-refractivity contribution in [2.45, 2.75) is 63.6 Å². The topological polar surface area (TPSA) is 128 Å². The maximum absolute atomic E-state index is 14.1. The second-order valence-corrected chi connectivity index (χ2v) is 11.2. The van der Waals surface area contributed by atoms with Crippen molar-refractivity contribution in [2.75, 3.05) is 4.90 Å². The number of ether oxygens (including phenoxy) is 1. The lowest BCUT2D eigenvalue weighted by Gasteiger charge is -2.33. The Balaban J connectivity index is 1.87. The molecule has 3 aromatic rings. The van der Waals surface area contributed by atoms with Crippen molar-refractivity contribution in [2.24, 2.45) is 0 Å². The number of halogens is 6. The molecule has 43 heavy (non-hydrogen) atoms. The molecule has 1 unspecified atom stereocenters. The molecule has 1 aliphatic rings. The third kappa shape index (κ3) is 7.33. The number of non-ortho nitro benzene ring substituents is 1. The van der Waals surface area contributed by atoms with E-state index in [-0.39, 0.29) is 33.6 Å². The van der Waals surface area contributed by atoms with Crippen molar-refractivity contribution in [3.8, 4) is 5.75 Å². The monoisotopic (exact) mass is 663 g/mol. The first-order chi connectivity index (χ1) is 20.3. The van der Waals surface area contributed by atoms with Gasteiger partial charge in [0.1, 0.15) is 10.9 Å². The lowest BCUT2D eigenvalue weighted by atomic mass is 9.94. The maximum Gasteiger partial charge on any atom is 0.461 e. The number of aromatic nitrogens is 2. The number of benzene rings is 2. The lowest BCUT2D eigenvalue weighted by molar-refractivity contribution is -0.384. The van der Waals surface area contributed by atoms with Gasteiger partial charge in [0.15, 0.2) is 5.75 Å². The Morgan fingerprint density at radius 1 is 1.14 bits per heavy atom. The standard InChI is InChI=1S/C26H23Cl2F4N5O5S/c1-13-22(43-35-34-13)24(39)36(17-11-18(27)21(19(28)12-17)42-26(31,32)25(29)30)20(14-7-9-16(10-8-14)37(40)41)23(38)33-15-5-3-2-4-6-15/h7-12,15,20,25H,2-6H2,1H3,(H,33,38). The van der Waals surface area contributed by atoms with Gasteiger partial charge >= 0.3 is 12.5 Å². The molecule has 2 amide bonds. The number of anilines is 1. The molecule has 0 saturated heterocycles. The number of nitrogens with one attached hydrogen (secondary N) is 1. The molecule has 4 rings (SSSR count). The summed E-state index contributed by atoms with van der Waals surface area (Å²) in [6, 6.07) is 5.11. The van der Waals surface area contributed by atoms with Crippen LogP contribution < -0.4 is 15.0 Å².